The SMILES string of the molecule is COCC1(CNS(=O)(=O)c2cc(F)ccc2C)CCNCC1. The molecule has 1 heterocycles. The molecule has 22 heavy (non-hydrogen) atoms. The molecule has 1 aromatic rings. The van der Waals surface area contributed by atoms with Gasteiger partial charge in [-0.2, -0.15) is 0 Å². The molecule has 7 heteroatoms. The van der Waals surface area contributed by atoms with Gasteiger partial charge in [-0.25, -0.2) is 17.5 Å². The largest absolute Gasteiger partial charge is 0.384 e. The lowest BCUT2D eigenvalue weighted by Gasteiger charge is -2.37. The molecule has 2 rings (SSSR count). The van der Waals surface area contributed by atoms with Crippen LogP contribution in [-0.2, 0) is 14.8 Å². The van der Waals surface area contributed by atoms with E-state index in [1.807, 2.05) is 0 Å². The van der Waals surface area contributed by atoms with E-state index in [2.05, 4.69) is 10.0 Å². The second-order valence-electron chi connectivity index (χ2n) is 5.92. The standard InChI is InChI=1S/C15H23FN2O3S/c1-12-3-4-13(16)9-14(12)22(19,20)18-10-15(11-21-2)5-7-17-8-6-15/h3-4,9,17-18H,5-8,10-11H2,1-2H3. The molecule has 1 saturated heterocycles. The number of hydrogen-bond acceptors (Lipinski definition) is 4. The highest BCUT2D eigenvalue weighted by Gasteiger charge is 2.33. The molecule has 0 unspecified atom stereocenters. The van der Waals surface area contributed by atoms with E-state index >= 15 is 0 Å². The number of rotatable bonds is 6. The molecule has 0 amide bonds. The summed E-state index contributed by atoms with van der Waals surface area (Å²) in [6, 6.07) is 3.79. The lowest BCUT2D eigenvalue weighted by atomic mass is 9.80. The van der Waals surface area contributed by atoms with Gasteiger partial charge in [-0.3, -0.25) is 0 Å². The Morgan fingerprint density at radius 2 is 2.05 bits per heavy atom. The number of halogens is 1. The van der Waals surface area contributed by atoms with Crippen molar-refractivity contribution in [2.75, 3.05) is 33.4 Å². The van der Waals surface area contributed by atoms with E-state index in [0.717, 1.165) is 32.0 Å². The van der Waals surface area contributed by atoms with Gasteiger partial charge in [-0.15, -0.1) is 0 Å². The first kappa shape index (κ1) is 17.3. The molecule has 5 nitrogen and oxygen atoms in total. The maximum atomic E-state index is 13.3. The van der Waals surface area contributed by atoms with Crippen LogP contribution in [0.2, 0.25) is 0 Å². The molecule has 0 saturated carbocycles. The summed E-state index contributed by atoms with van der Waals surface area (Å²) in [5, 5.41) is 3.26. The summed E-state index contributed by atoms with van der Waals surface area (Å²) in [4.78, 5) is -0.00555. The van der Waals surface area contributed by atoms with Crippen LogP contribution in [0, 0.1) is 18.2 Å². The van der Waals surface area contributed by atoms with Gasteiger partial charge in [0.2, 0.25) is 10.0 Å². The minimum absolute atomic E-state index is 0.00555. The summed E-state index contributed by atoms with van der Waals surface area (Å²) in [7, 11) is -2.12. The number of hydrogen-bond donors (Lipinski definition) is 2. The molecule has 124 valence electrons. The van der Waals surface area contributed by atoms with Crippen LogP contribution < -0.4 is 10.0 Å². The molecular formula is C15H23FN2O3S. The Morgan fingerprint density at radius 1 is 1.36 bits per heavy atom. The van der Waals surface area contributed by atoms with E-state index < -0.39 is 15.8 Å². The topological polar surface area (TPSA) is 67.4 Å². The number of sulfonamides is 1. The van der Waals surface area contributed by atoms with Crippen LogP contribution in [-0.4, -0.2) is 41.8 Å². The van der Waals surface area contributed by atoms with Gasteiger partial charge in [0.05, 0.1) is 11.5 Å². The molecule has 0 bridgehead atoms. The third-order valence-corrected chi connectivity index (χ3v) is 5.73. The molecule has 0 aromatic heterocycles. The van der Waals surface area contributed by atoms with Crippen LogP contribution >= 0.6 is 0 Å². The molecule has 1 fully saturated rings. The minimum Gasteiger partial charge on any atom is -0.384 e. The Kier molecular flexibility index (Phi) is 5.55. The fourth-order valence-electron chi connectivity index (χ4n) is 2.82. The van der Waals surface area contributed by atoms with Crippen LogP contribution in [0.1, 0.15) is 18.4 Å². The Labute approximate surface area is 131 Å². The number of benzene rings is 1. The Balaban J connectivity index is 2.15. The molecule has 2 N–H and O–H groups in total. The first-order valence-corrected chi connectivity index (χ1v) is 8.82. The lowest BCUT2D eigenvalue weighted by Crippen LogP contribution is -2.47. The maximum Gasteiger partial charge on any atom is 0.240 e. The van der Waals surface area contributed by atoms with Gasteiger partial charge < -0.3 is 10.1 Å². The molecule has 0 spiro atoms. The first-order chi connectivity index (χ1) is 10.4. The summed E-state index contributed by atoms with van der Waals surface area (Å²) in [6.45, 7) is 4.12. The summed E-state index contributed by atoms with van der Waals surface area (Å²) < 4.78 is 46.2. The van der Waals surface area contributed by atoms with Crippen molar-refractivity contribution >= 4 is 10.0 Å². The number of piperidine rings is 1. The van der Waals surface area contributed by atoms with Crippen LogP contribution in [0.5, 0.6) is 0 Å². The van der Waals surface area contributed by atoms with Crippen molar-refractivity contribution in [2.45, 2.75) is 24.7 Å². The van der Waals surface area contributed by atoms with Crippen molar-refractivity contribution in [1.82, 2.24) is 10.0 Å². The zero-order valence-electron chi connectivity index (χ0n) is 13.0. The van der Waals surface area contributed by atoms with Gasteiger partial charge >= 0.3 is 0 Å². The smallest absolute Gasteiger partial charge is 0.240 e. The average Bonchev–Trinajstić information content (AvgIpc) is 2.49. The van der Waals surface area contributed by atoms with Gasteiger partial charge in [0, 0.05) is 19.1 Å². The molecule has 1 aromatic carbocycles. The van der Waals surface area contributed by atoms with Crippen LogP contribution in [0.15, 0.2) is 23.1 Å². The predicted octanol–water partition coefficient (Wildman–Crippen LogP) is 1.43. The predicted molar refractivity (Wildman–Crippen MR) is 82.7 cm³/mol. The Morgan fingerprint density at radius 3 is 2.68 bits per heavy atom. The summed E-state index contributed by atoms with van der Waals surface area (Å²) in [6.07, 6.45) is 1.68. The highest BCUT2D eigenvalue weighted by molar-refractivity contribution is 7.89. The fraction of sp³-hybridized carbons (Fsp3) is 0.600. The van der Waals surface area contributed by atoms with Crippen molar-refractivity contribution in [1.29, 1.82) is 0 Å². The number of aryl methyl sites for hydroxylation is 1. The monoisotopic (exact) mass is 330 g/mol. The fourth-order valence-corrected chi connectivity index (χ4v) is 4.24. The molecule has 0 atom stereocenters. The summed E-state index contributed by atoms with van der Waals surface area (Å²) in [5.74, 6) is -0.556. The van der Waals surface area contributed by atoms with Crippen LogP contribution in [0.4, 0.5) is 4.39 Å². The average molecular weight is 330 g/mol. The number of methoxy groups -OCH3 is 1. The van der Waals surface area contributed by atoms with Crippen molar-refractivity contribution in [2.24, 2.45) is 5.41 Å². The normalized spacial score (nSPS) is 18.3. The van der Waals surface area contributed by atoms with Crippen molar-refractivity contribution in [3.63, 3.8) is 0 Å². The Bertz CT molecular complexity index is 608. The van der Waals surface area contributed by atoms with Gasteiger partial charge in [-0.05, 0) is 50.6 Å². The van der Waals surface area contributed by atoms with Gasteiger partial charge in [0.1, 0.15) is 5.82 Å². The molecule has 0 aliphatic carbocycles. The lowest BCUT2D eigenvalue weighted by molar-refractivity contribution is 0.0577. The Hall–Kier alpha value is -1.02. The zero-order valence-corrected chi connectivity index (χ0v) is 13.8. The van der Waals surface area contributed by atoms with Crippen molar-refractivity contribution < 1.29 is 17.5 Å². The summed E-state index contributed by atoms with van der Waals surface area (Å²) >= 11 is 0. The van der Waals surface area contributed by atoms with Crippen molar-refractivity contribution in [3.05, 3.63) is 29.6 Å². The molecular weight excluding hydrogens is 307 g/mol. The molecule has 0 radical (unpaired) electrons. The van der Waals surface area contributed by atoms with E-state index in [0.29, 0.717) is 18.7 Å². The van der Waals surface area contributed by atoms with Crippen LogP contribution in [0.25, 0.3) is 0 Å². The van der Waals surface area contributed by atoms with Gasteiger partial charge in [0.25, 0.3) is 0 Å². The highest BCUT2D eigenvalue weighted by Crippen LogP contribution is 2.29. The zero-order chi connectivity index (χ0) is 16.2. The third kappa shape index (κ3) is 4.04. The third-order valence-electron chi connectivity index (χ3n) is 4.19. The van der Waals surface area contributed by atoms with E-state index in [-0.39, 0.29) is 10.3 Å². The number of ether oxygens (including phenoxy) is 1. The first-order valence-electron chi connectivity index (χ1n) is 7.34. The summed E-state index contributed by atoms with van der Waals surface area (Å²) in [5.41, 5.74) is 0.314. The van der Waals surface area contributed by atoms with E-state index in [4.69, 9.17) is 4.74 Å². The highest BCUT2D eigenvalue weighted by atomic mass is 32.2. The minimum atomic E-state index is -3.74. The van der Waals surface area contributed by atoms with E-state index in [1.54, 1.807) is 14.0 Å². The van der Waals surface area contributed by atoms with E-state index in [1.165, 1.54) is 12.1 Å². The quantitative estimate of drug-likeness (QED) is 0.828. The second kappa shape index (κ2) is 7.04. The van der Waals surface area contributed by atoms with Crippen LogP contribution in [0.3, 0.4) is 0 Å². The second-order valence-corrected chi connectivity index (χ2v) is 7.65. The molecule has 1 aliphatic rings. The van der Waals surface area contributed by atoms with Crippen molar-refractivity contribution in [3.8, 4) is 0 Å². The van der Waals surface area contributed by atoms with E-state index in [9.17, 15) is 12.8 Å². The van der Waals surface area contributed by atoms with Gasteiger partial charge in [0.15, 0.2) is 0 Å². The maximum absolute atomic E-state index is 13.3. The number of nitrogens with one attached hydrogen (secondary N) is 2. The van der Waals surface area contributed by atoms with Gasteiger partial charge in [-0.1, -0.05) is 6.07 Å². The molecule has 1 aliphatic heterocycles.